The van der Waals surface area contributed by atoms with Gasteiger partial charge in [-0.25, -0.2) is 9.59 Å². The van der Waals surface area contributed by atoms with Gasteiger partial charge in [-0.05, 0) is 51.4 Å². The number of ketones is 3. The van der Waals surface area contributed by atoms with Gasteiger partial charge in [0.1, 0.15) is 42.6 Å². The summed E-state index contributed by atoms with van der Waals surface area (Å²) in [4.78, 5) is 132. The Hall–Kier alpha value is -5.39. The van der Waals surface area contributed by atoms with E-state index in [-0.39, 0.29) is 140 Å². The van der Waals surface area contributed by atoms with Crippen LogP contribution in [0.15, 0.2) is 0 Å². The number of Topliss-reactive ketones (excluding diaryl/α,β-unsaturated/α-hetero) is 3. The lowest BCUT2D eigenvalue weighted by atomic mass is 9.94. The van der Waals surface area contributed by atoms with E-state index in [1.54, 1.807) is 0 Å². The number of ether oxygens (including phenoxy) is 4. The normalized spacial score (nSPS) is 12.6. The van der Waals surface area contributed by atoms with Gasteiger partial charge in [-0.2, -0.15) is 0 Å². The van der Waals surface area contributed by atoms with Crippen molar-refractivity contribution in [2.24, 2.45) is 11.8 Å². The smallest absolute Gasteiger partial charge is 0.326 e. The minimum absolute atomic E-state index is 0.0407. The summed E-state index contributed by atoms with van der Waals surface area (Å²) < 4.78 is 21.4. The van der Waals surface area contributed by atoms with E-state index in [0.29, 0.717) is 25.8 Å². The van der Waals surface area contributed by atoms with Crippen LogP contribution in [0.2, 0.25) is 0 Å². The van der Waals surface area contributed by atoms with Crippen molar-refractivity contribution >= 4 is 64.9 Å². The number of carboxylic acids is 4. The maximum atomic E-state index is 12.7. The summed E-state index contributed by atoms with van der Waals surface area (Å²) in [6.07, 6.45) is 15.9. The van der Waals surface area contributed by atoms with E-state index in [1.807, 2.05) is 13.8 Å². The highest BCUT2D eigenvalue weighted by molar-refractivity contribution is 5.88. The predicted octanol–water partition coefficient (Wildman–Crippen LogP) is 5.89. The number of aliphatic carboxylic acids is 4. The van der Waals surface area contributed by atoms with E-state index < -0.39 is 72.3 Å². The van der Waals surface area contributed by atoms with Gasteiger partial charge in [-0.15, -0.1) is 0 Å². The molecule has 0 bridgehead atoms. The monoisotopic (exact) mass is 1130 g/mol. The number of amides is 4. The van der Waals surface area contributed by atoms with E-state index in [4.69, 9.17) is 24.1 Å². The molecule has 8 N–H and O–H groups in total. The molecule has 0 aliphatic carbocycles. The molecule has 79 heavy (non-hydrogen) atoms. The fourth-order valence-electron chi connectivity index (χ4n) is 8.28. The molecule has 0 heterocycles. The summed E-state index contributed by atoms with van der Waals surface area (Å²) in [5.41, 5.74) is 0. The Labute approximate surface area is 466 Å². The van der Waals surface area contributed by atoms with Gasteiger partial charge in [-0.3, -0.25) is 43.2 Å². The lowest BCUT2D eigenvalue weighted by Crippen LogP contribution is -2.41. The van der Waals surface area contributed by atoms with Crippen LogP contribution in [0.25, 0.3) is 0 Å². The Morgan fingerprint density at radius 3 is 1.34 bits per heavy atom. The molecule has 0 aromatic heterocycles. The molecule has 0 unspecified atom stereocenters. The van der Waals surface area contributed by atoms with Crippen molar-refractivity contribution in [1.29, 1.82) is 0 Å². The third-order valence-electron chi connectivity index (χ3n) is 13.1. The second-order valence-corrected chi connectivity index (χ2v) is 20.0. The van der Waals surface area contributed by atoms with Crippen molar-refractivity contribution in [2.45, 2.75) is 212 Å². The maximum absolute atomic E-state index is 12.7. The first-order valence-corrected chi connectivity index (χ1v) is 28.7. The van der Waals surface area contributed by atoms with Crippen LogP contribution in [0.4, 0.5) is 0 Å². The zero-order chi connectivity index (χ0) is 58.9. The third-order valence-corrected chi connectivity index (χ3v) is 13.1. The molecule has 0 spiro atoms. The van der Waals surface area contributed by atoms with Crippen LogP contribution in [-0.2, 0) is 71.7 Å². The lowest BCUT2D eigenvalue weighted by Gasteiger charge is -2.17. The van der Waals surface area contributed by atoms with E-state index in [1.165, 1.54) is 25.7 Å². The molecule has 0 aliphatic rings. The molecule has 4 amide bonds. The van der Waals surface area contributed by atoms with E-state index in [0.717, 1.165) is 77.0 Å². The fraction of sp³-hybridized carbons (Fsp3) is 0.804. The number of hydrogen-bond acceptors (Lipinski definition) is 15. The number of nitrogens with one attached hydrogen (secondary N) is 4. The van der Waals surface area contributed by atoms with Gasteiger partial charge in [0.15, 0.2) is 0 Å². The average Bonchev–Trinajstić information content (AvgIpc) is 3.40. The standard InChI is InChI=1S/C56H96N4O19/c1-3-48(63)42(2)21-18-19-31-57-51(66)40-79-38-36-77-34-32-58-52(67)41-78-37-35-76-33-20-22-44(61)26-28-46(55(72)73)60-50(65)30-25-43(54(70)71)39-45(62)27-29-47(56(74)75)59-49(64)23-16-14-12-10-8-6-4-5-7-9-11-13-15-17-24-53(68)69/h42-43,46-47H,3-41H2,1-2H3,(H,57,66)(H,58,67)(H,59,64)(H,60,65)(H,68,69)(H,70,71)(H,72,73)(H,74,75)/t42-,43+,46-,47-/m0/s1. The van der Waals surface area contributed by atoms with Gasteiger partial charge in [0, 0.05) is 77.0 Å². The second kappa shape index (κ2) is 49.6. The quantitative estimate of drug-likeness (QED) is 0.0329. The molecule has 0 saturated carbocycles. The van der Waals surface area contributed by atoms with Crippen molar-refractivity contribution < 1.29 is 92.1 Å². The largest absolute Gasteiger partial charge is 0.481 e. The molecule has 0 rings (SSSR count). The molecule has 0 aliphatic heterocycles. The zero-order valence-electron chi connectivity index (χ0n) is 47.3. The van der Waals surface area contributed by atoms with E-state index in [2.05, 4.69) is 21.3 Å². The molecule has 0 aromatic rings. The van der Waals surface area contributed by atoms with Gasteiger partial charge in [0.05, 0.1) is 39.0 Å². The van der Waals surface area contributed by atoms with Crippen LogP contribution in [0.5, 0.6) is 0 Å². The van der Waals surface area contributed by atoms with Crippen molar-refractivity contribution in [3.63, 3.8) is 0 Å². The molecular weight excluding hydrogens is 1030 g/mol. The molecule has 23 heteroatoms. The van der Waals surface area contributed by atoms with Crippen LogP contribution in [0.3, 0.4) is 0 Å². The second-order valence-electron chi connectivity index (χ2n) is 20.0. The molecule has 4 atom stereocenters. The highest BCUT2D eigenvalue weighted by Crippen LogP contribution is 2.17. The number of rotatable bonds is 57. The summed E-state index contributed by atoms with van der Waals surface area (Å²) in [7, 11) is 0. The highest BCUT2D eigenvalue weighted by atomic mass is 16.5. The van der Waals surface area contributed by atoms with Crippen LogP contribution in [-0.4, -0.2) is 163 Å². The summed E-state index contributed by atoms with van der Waals surface area (Å²) >= 11 is 0. The Kier molecular flexibility index (Phi) is 46.3. The number of carbonyl (C=O) groups excluding carboxylic acids is 7. The van der Waals surface area contributed by atoms with Crippen molar-refractivity contribution in [3.05, 3.63) is 0 Å². The summed E-state index contributed by atoms with van der Waals surface area (Å²) in [6, 6.07) is -2.77. The van der Waals surface area contributed by atoms with Crippen molar-refractivity contribution in [3.8, 4) is 0 Å². The minimum Gasteiger partial charge on any atom is -0.481 e. The third kappa shape index (κ3) is 46.1. The molecule has 454 valence electrons. The Morgan fingerprint density at radius 2 is 0.848 bits per heavy atom. The van der Waals surface area contributed by atoms with Gasteiger partial charge in [-0.1, -0.05) is 97.3 Å². The first kappa shape index (κ1) is 73.6. The summed E-state index contributed by atoms with van der Waals surface area (Å²) in [6.45, 7) is 5.39. The van der Waals surface area contributed by atoms with Gasteiger partial charge < -0.3 is 60.6 Å². The molecule has 0 aromatic carbocycles. The number of hydrogen-bond donors (Lipinski definition) is 8. The van der Waals surface area contributed by atoms with Crippen LogP contribution in [0.1, 0.15) is 200 Å². The van der Waals surface area contributed by atoms with Crippen LogP contribution in [0, 0.1) is 11.8 Å². The molecule has 23 nitrogen and oxygen atoms in total. The van der Waals surface area contributed by atoms with Crippen molar-refractivity contribution in [1.82, 2.24) is 21.3 Å². The SMILES string of the molecule is CCC(=O)[C@@H](C)CCCCNC(=O)COCCOCCNC(=O)COCCOCCCC(=O)CC[C@H](NC(=O)CC[C@H](CC(=O)CC[C@H](NC(=O)CCCCCCCCCCCCCCCCC(=O)O)C(=O)O)C(=O)O)C(=O)O. The van der Waals surface area contributed by atoms with Gasteiger partial charge >= 0.3 is 23.9 Å². The van der Waals surface area contributed by atoms with Crippen molar-refractivity contribution in [2.75, 3.05) is 65.9 Å². The van der Waals surface area contributed by atoms with Gasteiger partial charge in [0.25, 0.3) is 0 Å². The molecule has 0 radical (unpaired) electrons. The number of carboxylic acid groups (broad SMARTS) is 4. The summed E-state index contributed by atoms with van der Waals surface area (Å²) in [5, 5.41) is 47.8. The number of carbonyl (C=O) groups is 11. The highest BCUT2D eigenvalue weighted by Gasteiger charge is 2.27. The average molecular weight is 1130 g/mol. The Balaban J connectivity index is 4.14. The Morgan fingerprint density at radius 1 is 0.392 bits per heavy atom. The zero-order valence-corrected chi connectivity index (χ0v) is 47.3. The first-order chi connectivity index (χ1) is 37.9. The molecular formula is C56H96N4O19. The van der Waals surface area contributed by atoms with Gasteiger partial charge in [0.2, 0.25) is 23.6 Å². The predicted molar refractivity (Wildman–Crippen MR) is 291 cm³/mol. The van der Waals surface area contributed by atoms with E-state index >= 15 is 0 Å². The maximum Gasteiger partial charge on any atom is 0.326 e. The fourth-order valence-corrected chi connectivity index (χ4v) is 8.28. The number of unbranched alkanes of at least 4 members (excludes halogenated alkanes) is 14. The van der Waals surface area contributed by atoms with Crippen LogP contribution >= 0.6 is 0 Å². The first-order valence-electron chi connectivity index (χ1n) is 28.7. The van der Waals surface area contributed by atoms with E-state index in [9.17, 15) is 68.1 Å². The van der Waals surface area contributed by atoms with Crippen LogP contribution < -0.4 is 21.3 Å². The topological polar surface area (TPSA) is 354 Å². The summed E-state index contributed by atoms with van der Waals surface area (Å²) in [5.74, 6) is -8.52. The Bertz CT molecular complexity index is 1780. The molecule has 0 saturated heterocycles. The molecule has 0 fully saturated rings. The lowest BCUT2D eigenvalue weighted by molar-refractivity contribution is -0.145. The minimum atomic E-state index is -1.42.